The predicted molar refractivity (Wildman–Crippen MR) is 218 cm³/mol. The zero-order valence-corrected chi connectivity index (χ0v) is 34.4. The van der Waals surface area contributed by atoms with Crippen LogP contribution in [0.1, 0.15) is 49.7 Å². The number of piperidine rings is 4. The molecule has 6 saturated heterocycles. The molecule has 318 valence electrons. The highest BCUT2D eigenvalue weighted by atomic mass is 31.2. The molecule has 2 amide bonds. The summed E-state index contributed by atoms with van der Waals surface area (Å²) >= 11 is 0. The largest absolute Gasteiger partial charge is 0.470 e. The third kappa shape index (κ3) is 5.12. The van der Waals surface area contributed by atoms with Gasteiger partial charge < -0.3 is 39.3 Å². The molecule has 0 unspecified atom stereocenters. The molecular formula is C45H53N4O10P. The summed E-state index contributed by atoms with van der Waals surface area (Å²) in [7, 11) is -4.57. The van der Waals surface area contributed by atoms with Gasteiger partial charge in [0.2, 0.25) is 11.8 Å². The molecule has 0 radical (unpaired) electrons. The fourth-order valence-corrected chi connectivity index (χ4v) is 15.9. The van der Waals surface area contributed by atoms with Crippen molar-refractivity contribution in [1.29, 1.82) is 0 Å². The third-order valence-electron chi connectivity index (χ3n) is 17.1. The number of carbonyl (C=O) groups excluding carboxylic acids is 2. The van der Waals surface area contributed by atoms with Gasteiger partial charge in [0.25, 0.3) is 0 Å². The number of carbonyl (C=O) groups is 2. The van der Waals surface area contributed by atoms with Gasteiger partial charge >= 0.3 is 7.82 Å². The van der Waals surface area contributed by atoms with Crippen LogP contribution in [0.2, 0.25) is 0 Å². The Morgan fingerprint density at radius 1 is 0.717 bits per heavy atom. The number of fused-ring (bicyclic) bond motifs is 4. The van der Waals surface area contributed by atoms with Crippen LogP contribution in [0.25, 0.3) is 0 Å². The monoisotopic (exact) mass is 840 g/mol. The number of phosphoric acid groups is 1. The first-order chi connectivity index (χ1) is 29.1. The average Bonchev–Trinajstić information content (AvgIpc) is 3.93. The van der Waals surface area contributed by atoms with Gasteiger partial charge in [-0.15, -0.1) is 0 Å². The van der Waals surface area contributed by atoms with E-state index in [1.807, 2.05) is 0 Å². The Morgan fingerprint density at radius 3 is 1.58 bits per heavy atom. The van der Waals surface area contributed by atoms with E-state index >= 15 is 0 Å². The van der Waals surface area contributed by atoms with Gasteiger partial charge in [-0.3, -0.25) is 23.9 Å². The van der Waals surface area contributed by atoms with Crippen LogP contribution >= 0.6 is 7.82 Å². The number of aliphatic hydroxyl groups excluding tert-OH is 2. The van der Waals surface area contributed by atoms with Crippen molar-refractivity contribution in [1.82, 2.24) is 9.80 Å². The molecule has 2 aromatic carbocycles. The van der Waals surface area contributed by atoms with Crippen LogP contribution in [0.3, 0.4) is 0 Å². The summed E-state index contributed by atoms with van der Waals surface area (Å²) in [5, 5.41) is 16.5. The number of rotatable bonds is 4. The second-order valence-corrected chi connectivity index (χ2v) is 20.3. The Labute approximate surface area is 349 Å². The van der Waals surface area contributed by atoms with Gasteiger partial charge in [-0.2, -0.15) is 0 Å². The topological polar surface area (TPSA) is 173 Å². The van der Waals surface area contributed by atoms with Gasteiger partial charge in [0.1, 0.15) is 6.10 Å². The Kier molecular flexibility index (Phi) is 8.72. The zero-order chi connectivity index (χ0) is 40.9. The molecule has 60 heavy (non-hydrogen) atoms. The molecule has 14 rings (SSSR count). The van der Waals surface area contributed by atoms with Crippen LogP contribution in [0.5, 0.6) is 0 Å². The summed E-state index contributed by atoms with van der Waals surface area (Å²) in [5.74, 6) is 2.70. The molecular weight excluding hydrogens is 787 g/mol. The normalized spacial score (nSPS) is 40.4. The van der Waals surface area contributed by atoms with Crippen LogP contribution in [0.15, 0.2) is 71.8 Å². The maximum atomic E-state index is 13.2. The number of hydrogen-bond donors (Lipinski definition) is 4. The summed E-state index contributed by atoms with van der Waals surface area (Å²) in [6.07, 6.45) is 9.66. The minimum atomic E-state index is -4.57. The van der Waals surface area contributed by atoms with E-state index in [0.29, 0.717) is 73.9 Å². The highest BCUT2D eigenvalue weighted by molar-refractivity contribution is 7.46. The van der Waals surface area contributed by atoms with Crippen molar-refractivity contribution < 1.29 is 48.2 Å². The van der Waals surface area contributed by atoms with Crippen LogP contribution < -0.4 is 9.80 Å². The lowest BCUT2D eigenvalue weighted by Gasteiger charge is -2.58. The van der Waals surface area contributed by atoms with Crippen LogP contribution in [0, 0.1) is 23.7 Å². The van der Waals surface area contributed by atoms with Gasteiger partial charge in [-0.05, 0) is 73.9 Å². The molecule has 4 N–H and O–H groups in total. The van der Waals surface area contributed by atoms with Gasteiger partial charge in [0.05, 0.1) is 63.6 Å². The maximum absolute atomic E-state index is 13.2. The Hall–Kier alpha value is -3.27. The maximum Gasteiger partial charge on any atom is 0.470 e. The SMILES string of the molecule is O=C1C[C@@H]2OCC=C3CN4CC[C@]56c7ccccc7N1[C@H]5[C@H]2[C@H]3C[C@H]46.O=C1C[C@@H]2OCC=C3CN4CC[C@]56c7ccccc7N1[C@H]5[C@H]2[C@H]3C[C@H]46.O=P(O)(O)OC(CO)CO. The number of phosphoric ester groups is 1. The predicted octanol–water partition coefficient (Wildman–Crippen LogP) is 2.63. The smallest absolute Gasteiger partial charge is 0.394 e. The lowest BCUT2D eigenvalue weighted by molar-refractivity contribution is -0.133. The second-order valence-electron chi connectivity index (χ2n) is 19.1. The molecule has 12 aliphatic rings. The van der Waals surface area contributed by atoms with Crippen molar-refractivity contribution in [2.24, 2.45) is 23.7 Å². The number of hydrogen-bond acceptors (Lipinski definition) is 10. The van der Waals surface area contributed by atoms with Gasteiger partial charge in [-0.1, -0.05) is 59.7 Å². The van der Waals surface area contributed by atoms with E-state index in [-0.39, 0.29) is 34.9 Å². The van der Waals surface area contributed by atoms with Crippen molar-refractivity contribution >= 4 is 31.0 Å². The van der Waals surface area contributed by atoms with Crippen molar-refractivity contribution in [3.63, 3.8) is 0 Å². The van der Waals surface area contributed by atoms with Crippen molar-refractivity contribution in [2.75, 3.05) is 62.4 Å². The lowest BCUT2D eigenvalue weighted by atomic mass is 9.53. The molecule has 2 saturated carbocycles. The minimum Gasteiger partial charge on any atom is -0.394 e. The molecule has 2 spiro atoms. The minimum absolute atomic E-state index is 0.104. The van der Waals surface area contributed by atoms with Crippen LogP contribution in [-0.4, -0.2) is 137 Å². The van der Waals surface area contributed by atoms with E-state index in [0.717, 1.165) is 13.1 Å². The van der Waals surface area contributed by atoms with E-state index in [2.05, 4.69) is 84.8 Å². The van der Waals surface area contributed by atoms with E-state index in [1.54, 1.807) is 11.1 Å². The van der Waals surface area contributed by atoms with Crippen molar-refractivity contribution in [3.05, 3.63) is 83.0 Å². The highest BCUT2D eigenvalue weighted by Crippen LogP contribution is 2.67. The number of anilines is 2. The number of ether oxygens (including phenoxy) is 2. The summed E-state index contributed by atoms with van der Waals surface area (Å²) in [5.41, 5.74) is 8.71. The fraction of sp³-hybridized carbons (Fsp3) is 0.600. The van der Waals surface area contributed by atoms with E-state index < -0.39 is 27.1 Å². The quantitative estimate of drug-likeness (QED) is 0.263. The molecule has 14 nitrogen and oxygen atoms in total. The molecule has 10 aliphatic heterocycles. The molecule has 12 atom stereocenters. The Bertz CT molecular complexity index is 2120. The number of amides is 2. The molecule has 8 fully saturated rings. The van der Waals surface area contributed by atoms with Crippen LogP contribution in [-0.2, 0) is 39.0 Å². The van der Waals surface area contributed by atoms with E-state index in [1.165, 1.54) is 61.3 Å². The van der Waals surface area contributed by atoms with Crippen molar-refractivity contribution in [3.8, 4) is 0 Å². The molecule has 2 aromatic rings. The average molecular weight is 841 g/mol. The Morgan fingerprint density at radius 2 is 1.17 bits per heavy atom. The highest BCUT2D eigenvalue weighted by Gasteiger charge is 2.72. The van der Waals surface area contributed by atoms with Gasteiger partial charge in [-0.25, -0.2) is 4.57 Å². The number of para-hydroxylation sites is 2. The lowest BCUT2D eigenvalue weighted by Crippen LogP contribution is -2.69. The molecule has 4 bridgehead atoms. The summed E-state index contributed by atoms with van der Waals surface area (Å²) < 4.78 is 26.4. The van der Waals surface area contributed by atoms with E-state index in [4.69, 9.17) is 29.5 Å². The molecule has 15 heteroatoms. The number of benzene rings is 2. The Balaban J connectivity index is 0.000000107. The summed E-state index contributed by atoms with van der Waals surface area (Å²) in [4.78, 5) is 52.4. The van der Waals surface area contributed by atoms with Crippen LogP contribution in [0.4, 0.5) is 11.4 Å². The molecule has 0 aromatic heterocycles. The molecule has 2 aliphatic carbocycles. The van der Waals surface area contributed by atoms with Crippen molar-refractivity contribution in [2.45, 2.75) is 91.8 Å². The summed E-state index contributed by atoms with van der Waals surface area (Å²) in [6, 6.07) is 19.3. The second kappa shape index (κ2) is 13.6. The summed E-state index contributed by atoms with van der Waals surface area (Å²) in [6.45, 7) is 4.69. The first-order valence-electron chi connectivity index (χ1n) is 22.0. The first-order valence-corrected chi connectivity index (χ1v) is 23.5. The number of aliphatic hydroxyl groups is 2. The van der Waals surface area contributed by atoms with Gasteiger partial charge in [0.15, 0.2) is 0 Å². The molecule has 10 heterocycles. The number of nitrogens with zero attached hydrogens (tertiary/aromatic N) is 4. The standard InChI is InChI=1S/2C21H22N2O2.C3H9O6P/c2*24-18-10-16-19-13-9-17-21(6-7-22(17)11-12(13)5-8-25-16)14-3-1-2-4-15(14)23(18)20(19)21;4-1-3(2-5)9-10(6,7)8/h2*1-5,13,16-17,19-20H,6-11H2;3-5H,1-2H2,(H2,6,7,8)/t2*13-,16-,17-,19-,20-,21+;/m00./s1. The first kappa shape index (κ1) is 38.4. The zero-order valence-electron chi connectivity index (χ0n) is 33.5. The fourth-order valence-electron chi connectivity index (χ4n) is 15.3. The van der Waals surface area contributed by atoms with E-state index in [9.17, 15) is 14.2 Å². The van der Waals surface area contributed by atoms with Gasteiger partial charge in [0, 0.05) is 59.2 Å². The third-order valence-corrected chi connectivity index (χ3v) is 17.7.